The molecule has 1 aromatic carbocycles. The van der Waals surface area contributed by atoms with Gasteiger partial charge in [0.1, 0.15) is 6.33 Å². The van der Waals surface area contributed by atoms with E-state index >= 15 is 0 Å². The predicted molar refractivity (Wildman–Crippen MR) is 90.8 cm³/mol. The lowest BCUT2D eigenvalue weighted by Crippen LogP contribution is -2.23. The zero-order valence-corrected chi connectivity index (χ0v) is 15.2. The quantitative estimate of drug-likeness (QED) is 0.752. The highest BCUT2D eigenvalue weighted by molar-refractivity contribution is 8.00. The van der Waals surface area contributed by atoms with Crippen molar-refractivity contribution >= 4 is 35.0 Å². The number of carbonyl (C=O) groups excluding carboxylic acids is 1. The van der Waals surface area contributed by atoms with Crippen LogP contribution in [0.25, 0.3) is 0 Å². The van der Waals surface area contributed by atoms with Crippen LogP contribution in [-0.2, 0) is 11.0 Å². The van der Waals surface area contributed by atoms with Gasteiger partial charge in [0.05, 0.1) is 15.8 Å². The molecule has 2 aromatic rings. The number of amides is 1. The summed E-state index contributed by atoms with van der Waals surface area (Å²) in [7, 11) is 0. The molecule has 1 heterocycles. The molecule has 0 aliphatic rings. The van der Waals surface area contributed by atoms with Crippen molar-refractivity contribution in [1.82, 2.24) is 14.8 Å². The first-order valence-electron chi connectivity index (χ1n) is 7.33. The van der Waals surface area contributed by atoms with Crippen molar-refractivity contribution < 1.29 is 18.0 Å². The van der Waals surface area contributed by atoms with Gasteiger partial charge in [-0.25, -0.2) is 0 Å². The molecule has 0 saturated heterocycles. The summed E-state index contributed by atoms with van der Waals surface area (Å²) >= 11 is 6.74. The van der Waals surface area contributed by atoms with Gasteiger partial charge in [0.25, 0.3) is 0 Å². The molecule has 25 heavy (non-hydrogen) atoms. The molecule has 1 aromatic heterocycles. The number of carbonyl (C=O) groups is 1. The topological polar surface area (TPSA) is 59.8 Å². The molecule has 2 rings (SSSR count). The number of halogens is 4. The van der Waals surface area contributed by atoms with Crippen LogP contribution >= 0.6 is 23.4 Å². The second-order valence-corrected chi connectivity index (χ2v) is 7.27. The van der Waals surface area contributed by atoms with E-state index in [1.807, 2.05) is 13.8 Å². The van der Waals surface area contributed by atoms with E-state index in [4.69, 9.17) is 11.6 Å². The molecule has 0 aliphatic carbocycles. The zero-order valence-electron chi connectivity index (χ0n) is 13.6. The molecule has 1 unspecified atom stereocenters. The lowest BCUT2D eigenvalue weighted by molar-refractivity contribution is -0.137. The minimum Gasteiger partial charge on any atom is -0.325 e. The van der Waals surface area contributed by atoms with Gasteiger partial charge in [0.2, 0.25) is 5.91 Å². The molecule has 136 valence electrons. The van der Waals surface area contributed by atoms with E-state index in [9.17, 15) is 18.0 Å². The Balaban J connectivity index is 2.10. The molecule has 0 saturated carbocycles. The Morgan fingerprint density at radius 2 is 2.00 bits per heavy atom. The van der Waals surface area contributed by atoms with E-state index in [1.165, 1.54) is 17.8 Å². The monoisotopic (exact) mass is 392 g/mol. The third kappa shape index (κ3) is 4.88. The summed E-state index contributed by atoms with van der Waals surface area (Å²) in [5, 5.41) is 9.79. The zero-order chi connectivity index (χ0) is 18.8. The van der Waals surface area contributed by atoms with Crippen molar-refractivity contribution in [2.75, 3.05) is 5.32 Å². The number of rotatable bonds is 5. The van der Waals surface area contributed by atoms with E-state index in [1.54, 1.807) is 17.8 Å². The van der Waals surface area contributed by atoms with E-state index in [0.717, 1.165) is 12.1 Å². The lowest BCUT2D eigenvalue weighted by Gasteiger charge is -2.15. The fourth-order valence-electron chi connectivity index (χ4n) is 1.95. The molecular formula is C15H16ClF3N4OS. The number of aromatic nitrogens is 3. The third-order valence-electron chi connectivity index (χ3n) is 3.29. The number of hydrogen-bond acceptors (Lipinski definition) is 4. The van der Waals surface area contributed by atoms with E-state index in [-0.39, 0.29) is 11.7 Å². The fraction of sp³-hybridized carbons (Fsp3) is 0.400. The van der Waals surface area contributed by atoms with Crippen LogP contribution in [0.5, 0.6) is 0 Å². The van der Waals surface area contributed by atoms with Crippen LogP contribution in [0.1, 0.15) is 32.4 Å². The molecule has 0 radical (unpaired) electrons. The Morgan fingerprint density at radius 1 is 1.32 bits per heavy atom. The van der Waals surface area contributed by atoms with Gasteiger partial charge in [-0.3, -0.25) is 4.79 Å². The van der Waals surface area contributed by atoms with Crippen LogP contribution in [0, 0.1) is 0 Å². The maximum atomic E-state index is 12.9. The van der Waals surface area contributed by atoms with E-state index in [0.29, 0.717) is 5.16 Å². The number of alkyl halides is 3. The number of thioether (sulfide) groups is 1. The van der Waals surface area contributed by atoms with Crippen LogP contribution < -0.4 is 5.32 Å². The molecule has 0 spiro atoms. The van der Waals surface area contributed by atoms with E-state index < -0.39 is 27.9 Å². The second-order valence-electron chi connectivity index (χ2n) is 5.56. The number of nitrogens with zero attached hydrogens (tertiary/aromatic N) is 3. The average molecular weight is 393 g/mol. The molecule has 1 N–H and O–H groups in total. The first-order chi connectivity index (χ1) is 11.6. The summed E-state index contributed by atoms with van der Waals surface area (Å²) < 4.78 is 40.4. The first kappa shape index (κ1) is 19.6. The van der Waals surface area contributed by atoms with Crippen LogP contribution in [0.2, 0.25) is 5.02 Å². The summed E-state index contributed by atoms with van der Waals surface area (Å²) in [6, 6.07) is 3.36. The van der Waals surface area contributed by atoms with Crippen molar-refractivity contribution in [2.24, 2.45) is 0 Å². The van der Waals surface area contributed by atoms with Gasteiger partial charge in [-0.2, -0.15) is 13.2 Å². The minimum absolute atomic E-state index is 0.0273. The summed E-state index contributed by atoms with van der Waals surface area (Å²) in [5.74, 6) is -0.446. The molecule has 1 atom stereocenters. The van der Waals surface area contributed by atoms with Gasteiger partial charge in [-0.05, 0) is 39.0 Å². The SMILES string of the molecule is CC(Sc1nncn1C(C)C)C(=O)Nc1ccc(Cl)c(C(F)(F)F)c1. The Morgan fingerprint density at radius 3 is 2.60 bits per heavy atom. The number of anilines is 1. The van der Waals surface area contributed by atoms with Gasteiger partial charge in [-0.1, -0.05) is 23.4 Å². The summed E-state index contributed by atoms with van der Waals surface area (Å²) in [4.78, 5) is 12.3. The highest BCUT2D eigenvalue weighted by atomic mass is 35.5. The maximum Gasteiger partial charge on any atom is 0.417 e. The highest BCUT2D eigenvalue weighted by Gasteiger charge is 2.33. The standard InChI is InChI=1S/C15H16ClF3N4OS/c1-8(2)23-7-20-22-14(23)25-9(3)13(24)21-10-4-5-12(16)11(6-10)15(17,18)19/h4-9H,1-3H3,(H,21,24). The number of nitrogens with one attached hydrogen (secondary N) is 1. The van der Waals surface area contributed by atoms with Crippen LogP contribution in [0.3, 0.4) is 0 Å². The molecule has 10 heteroatoms. The Hall–Kier alpha value is -1.74. The van der Waals surface area contributed by atoms with E-state index in [2.05, 4.69) is 15.5 Å². The summed E-state index contributed by atoms with van der Waals surface area (Å²) in [5.41, 5.74) is -0.966. The van der Waals surface area contributed by atoms with Crippen molar-refractivity contribution in [3.05, 3.63) is 35.1 Å². The van der Waals surface area contributed by atoms with Crippen LogP contribution in [0.15, 0.2) is 29.7 Å². The van der Waals surface area contributed by atoms with Crippen LogP contribution in [0.4, 0.5) is 18.9 Å². The largest absolute Gasteiger partial charge is 0.417 e. The molecule has 0 bridgehead atoms. The van der Waals surface area contributed by atoms with Gasteiger partial charge in [0.15, 0.2) is 5.16 Å². The number of hydrogen-bond donors (Lipinski definition) is 1. The molecule has 0 aliphatic heterocycles. The van der Waals surface area contributed by atoms with Crippen LogP contribution in [-0.4, -0.2) is 25.9 Å². The second kappa shape index (κ2) is 7.65. The van der Waals surface area contributed by atoms with Gasteiger partial charge >= 0.3 is 6.18 Å². The van der Waals surface area contributed by atoms with Gasteiger partial charge < -0.3 is 9.88 Å². The third-order valence-corrected chi connectivity index (χ3v) is 4.69. The normalized spacial score (nSPS) is 13.1. The van der Waals surface area contributed by atoms with Crippen molar-refractivity contribution in [3.8, 4) is 0 Å². The van der Waals surface area contributed by atoms with Gasteiger partial charge in [0, 0.05) is 11.7 Å². The molecule has 0 fully saturated rings. The lowest BCUT2D eigenvalue weighted by atomic mass is 10.2. The number of benzene rings is 1. The molecule has 5 nitrogen and oxygen atoms in total. The highest BCUT2D eigenvalue weighted by Crippen LogP contribution is 2.36. The predicted octanol–water partition coefficient (Wildman–Crippen LogP) is 4.65. The molecular weight excluding hydrogens is 377 g/mol. The van der Waals surface area contributed by atoms with Crippen molar-refractivity contribution in [2.45, 2.75) is 43.4 Å². The average Bonchev–Trinajstić information content (AvgIpc) is 2.96. The van der Waals surface area contributed by atoms with Crippen molar-refractivity contribution in [1.29, 1.82) is 0 Å². The Kier molecular flexibility index (Phi) is 5.99. The minimum atomic E-state index is -4.59. The first-order valence-corrected chi connectivity index (χ1v) is 8.59. The molecule has 1 amide bonds. The van der Waals surface area contributed by atoms with Crippen molar-refractivity contribution in [3.63, 3.8) is 0 Å². The summed E-state index contributed by atoms with van der Waals surface area (Å²) in [6.07, 6.45) is -3.03. The fourth-order valence-corrected chi connectivity index (χ4v) is 3.13. The van der Waals surface area contributed by atoms with Gasteiger partial charge in [-0.15, -0.1) is 10.2 Å². The Bertz CT molecular complexity index is 763. The Labute approximate surface area is 152 Å². The summed E-state index contributed by atoms with van der Waals surface area (Å²) in [6.45, 7) is 5.54. The smallest absolute Gasteiger partial charge is 0.325 e. The maximum absolute atomic E-state index is 12.9.